The van der Waals surface area contributed by atoms with E-state index in [0.29, 0.717) is 58.8 Å². The first-order valence-corrected chi connectivity index (χ1v) is 21.8. The summed E-state index contributed by atoms with van der Waals surface area (Å²) in [5, 5.41) is 0. The van der Waals surface area contributed by atoms with E-state index in [1.165, 1.54) is 44.5 Å². The van der Waals surface area contributed by atoms with Crippen LogP contribution in [0.2, 0.25) is 0 Å². The molecule has 0 saturated carbocycles. The first kappa shape index (κ1) is 30.3. The Hall–Kier alpha value is -4.00. The van der Waals surface area contributed by atoms with Gasteiger partial charge in [-0.3, -0.25) is 19.6 Å². The molecule has 264 valence electrons. The highest BCUT2D eigenvalue weighted by atomic mass is 31.2. The fourth-order valence-electron chi connectivity index (χ4n) is 13.1. The van der Waals surface area contributed by atoms with Gasteiger partial charge >= 0.3 is 15.6 Å². The van der Waals surface area contributed by atoms with Crippen LogP contribution in [0.1, 0.15) is 168 Å². The normalized spacial score (nSPS) is 28.9. The molecule has 10 heteroatoms. The topological polar surface area (TPSA) is 134 Å². The molecule has 0 spiro atoms. The quantitative estimate of drug-likeness (QED) is 0.134. The second-order valence-electron chi connectivity index (χ2n) is 16.7. The minimum Gasteiger partial charge on any atom is -0.404 e. The standard InChI is InChI=1S/C43H34O8P2/c44-52(45,46)50-42-38-34-16-35(31-13-27-23-10-9-22(26(27)12-30(31)34)18-5-1-2-6-19(18)23)39(38)43(51-53(47,48)49)41-37-17-36(40(41)42)32-14-28-24-11-25(29(28)15-33(32)37)21-8-4-3-7-20(21)24/h1-8,12-15,22-25,34-37H,9-11,16-17H2,(H2,44,45,46)(H2,47,48,49)/t22?,23?,24-,25-,34?,35?,36-,37+/m0/s1. The van der Waals surface area contributed by atoms with E-state index < -0.39 is 15.6 Å². The first-order valence-electron chi connectivity index (χ1n) is 18.8. The lowest BCUT2D eigenvalue weighted by Crippen LogP contribution is -2.25. The van der Waals surface area contributed by atoms with Gasteiger partial charge in [-0.25, -0.2) is 9.13 Å². The summed E-state index contributed by atoms with van der Waals surface area (Å²) in [6.07, 6.45) is 4.46. The van der Waals surface area contributed by atoms with Crippen molar-refractivity contribution in [3.63, 3.8) is 0 Å². The van der Waals surface area contributed by atoms with E-state index in [4.69, 9.17) is 9.05 Å². The molecule has 14 rings (SSSR count). The van der Waals surface area contributed by atoms with Crippen LogP contribution in [0.3, 0.4) is 0 Å². The molecule has 0 heterocycles. The van der Waals surface area contributed by atoms with E-state index >= 15 is 0 Å². The van der Waals surface area contributed by atoms with Crippen LogP contribution in [0, 0.1) is 0 Å². The summed E-state index contributed by atoms with van der Waals surface area (Å²) in [5.41, 5.74) is 17.8. The van der Waals surface area contributed by atoms with Crippen molar-refractivity contribution < 1.29 is 37.8 Å². The Balaban J connectivity index is 1.03. The van der Waals surface area contributed by atoms with Crippen LogP contribution in [0.5, 0.6) is 11.5 Å². The zero-order valence-corrected chi connectivity index (χ0v) is 30.2. The lowest BCUT2D eigenvalue weighted by atomic mass is 9.62. The van der Waals surface area contributed by atoms with Crippen molar-refractivity contribution in [3.8, 4) is 11.5 Å². The Morgan fingerprint density at radius 3 is 0.981 bits per heavy atom. The Kier molecular flexibility index (Phi) is 5.51. The van der Waals surface area contributed by atoms with Crippen molar-refractivity contribution >= 4 is 15.6 Å². The predicted molar refractivity (Wildman–Crippen MR) is 195 cm³/mol. The van der Waals surface area contributed by atoms with E-state index in [1.807, 2.05) is 0 Å². The molecule has 53 heavy (non-hydrogen) atoms. The zero-order valence-electron chi connectivity index (χ0n) is 28.4. The highest BCUT2D eigenvalue weighted by Crippen LogP contribution is 2.72. The maximum atomic E-state index is 12.9. The number of fused-ring (bicyclic) bond motifs is 25. The fraction of sp³-hybridized carbons (Fsp3) is 0.302. The summed E-state index contributed by atoms with van der Waals surface area (Å²) >= 11 is 0. The van der Waals surface area contributed by atoms with Crippen LogP contribution in [0.25, 0.3) is 0 Å². The summed E-state index contributed by atoms with van der Waals surface area (Å²) in [7, 11) is -10.1. The van der Waals surface area contributed by atoms with E-state index in [-0.39, 0.29) is 35.2 Å². The second kappa shape index (κ2) is 9.62. The molecule has 9 aliphatic rings. The highest BCUT2D eigenvalue weighted by Gasteiger charge is 2.56. The minimum atomic E-state index is -5.04. The van der Waals surface area contributed by atoms with Crippen LogP contribution in [-0.4, -0.2) is 19.6 Å². The Bertz CT molecular complexity index is 2510. The van der Waals surface area contributed by atoms with Crippen LogP contribution in [-0.2, 0) is 9.13 Å². The molecule has 0 fully saturated rings. The van der Waals surface area contributed by atoms with Gasteiger partial charge in [0, 0.05) is 69.6 Å². The van der Waals surface area contributed by atoms with E-state index in [0.717, 1.165) is 41.5 Å². The fourth-order valence-corrected chi connectivity index (χ4v) is 14.0. The number of rotatable bonds is 4. The number of phosphoric acid groups is 2. The van der Waals surface area contributed by atoms with Gasteiger partial charge in [-0.15, -0.1) is 0 Å². The molecule has 0 aliphatic heterocycles. The average molecular weight is 741 g/mol. The maximum Gasteiger partial charge on any atom is 0.524 e. The van der Waals surface area contributed by atoms with Crippen LogP contribution >= 0.6 is 15.6 Å². The van der Waals surface area contributed by atoms with E-state index in [2.05, 4.69) is 72.8 Å². The molecule has 9 aliphatic carbocycles. The van der Waals surface area contributed by atoms with Crippen LogP contribution < -0.4 is 9.05 Å². The zero-order chi connectivity index (χ0) is 35.4. The summed E-state index contributed by atoms with van der Waals surface area (Å²) in [4.78, 5) is 41.9. The Labute approximate surface area is 305 Å². The van der Waals surface area contributed by atoms with Gasteiger partial charge in [-0.1, -0.05) is 72.8 Å². The number of hydrogen-bond donors (Lipinski definition) is 4. The second-order valence-corrected chi connectivity index (χ2v) is 19.0. The van der Waals surface area contributed by atoms with Crippen molar-refractivity contribution in [2.24, 2.45) is 0 Å². The SMILES string of the molecule is O=P(O)(O)Oc1c2c(c(OP(=O)(O)O)c3c1[C@@H]1C[C@H]3c3cc4c(cc31)[C@H]1C[C@H]4c3ccccc31)C1CC2c2cc3c(cc21)C1CCC3c2ccccc21. The van der Waals surface area contributed by atoms with Gasteiger partial charge in [0.05, 0.1) is 0 Å². The largest absolute Gasteiger partial charge is 0.524 e. The van der Waals surface area contributed by atoms with Gasteiger partial charge in [0.15, 0.2) is 0 Å². The molecular weight excluding hydrogens is 706 g/mol. The van der Waals surface area contributed by atoms with E-state index in [9.17, 15) is 28.7 Å². The van der Waals surface area contributed by atoms with Crippen molar-refractivity contribution in [2.45, 2.75) is 79.4 Å². The van der Waals surface area contributed by atoms with Crippen LogP contribution in [0.15, 0.2) is 72.8 Å². The van der Waals surface area contributed by atoms with Crippen molar-refractivity contribution in [1.82, 2.24) is 0 Å². The molecule has 0 amide bonds. The number of benzene rings is 5. The molecule has 8 bridgehead atoms. The molecular formula is C43H34O8P2. The summed E-state index contributed by atoms with van der Waals surface area (Å²) in [5.74, 6) is 0.617. The van der Waals surface area contributed by atoms with E-state index in [1.54, 1.807) is 0 Å². The van der Waals surface area contributed by atoms with Crippen molar-refractivity contribution in [3.05, 3.63) is 162 Å². The molecule has 5 aromatic rings. The summed E-state index contributed by atoms with van der Waals surface area (Å²) in [6, 6.07) is 26.7. The molecule has 0 saturated heterocycles. The average Bonchev–Trinajstić information content (AvgIpc) is 3.98. The number of hydrogen-bond acceptors (Lipinski definition) is 4. The Morgan fingerprint density at radius 2 is 0.660 bits per heavy atom. The molecule has 4 N–H and O–H groups in total. The highest BCUT2D eigenvalue weighted by molar-refractivity contribution is 7.47. The lowest BCUT2D eigenvalue weighted by Gasteiger charge is -2.41. The number of phosphoric ester groups is 2. The van der Waals surface area contributed by atoms with Crippen molar-refractivity contribution in [1.29, 1.82) is 0 Å². The lowest BCUT2D eigenvalue weighted by molar-refractivity contribution is 0.275. The van der Waals surface area contributed by atoms with Gasteiger partial charge in [-0.05, 0) is 98.9 Å². The first-order chi connectivity index (χ1) is 25.5. The molecule has 8 nitrogen and oxygen atoms in total. The Morgan fingerprint density at radius 1 is 0.396 bits per heavy atom. The third kappa shape index (κ3) is 3.73. The smallest absolute Gasteiger partial charge is 0.404 e. The minimum absolute atomic E-state index is 0.189. The van der Waals surface area contributed by atoms with Gasteiger partial charge < -0.3 is 9.05 Å². The van der Waals surface area contributed by atoms with Gasteiger partial charge in [-0.2, -0.15) is 0 Å². The van der Waals surface area contributed by atoms with Gasteiger partial charge in [0.2, 0.25) is 0 Å². The van der Waals surface area contributed by atoms with Gasteiger partial charge in [0.25, 0.3) is 0 Å². The van der Waals surface area contributed by atoms with Crippen molar-refractivity contribution in [2.75, 3.05) is 0 Å². The maximum absolute atomic E-state index is 12.9. The molecule has 4 unspecified atom stereocenters. The molecule has 0 radical (unpaired) electrons. The molecule has 8 atom stereocenters. The monoisotopic (exact) mass is 740 g/mol. The third-order valence-corrected chi connectivity index (χ3v) is 15.4. The molecule has 0 aromatic heterocycles. The summed E-state index contributed by atoms with van der Waals surface area (Å²) in [6.45, 7) is 0. The predicted octanol–water partition coefficient (Wildman–Crippen LogP) is 8.94. The third-order valence-electron chi connectivity index (χ3n) is 14.6. The van der Waals surface area contributed by atoms with Crippen LogP contribution in [0.4, 0.5) is 0 Å². The van der Waals surface area contributed by atoms with Gasteiger partial charge in [0.1, 0.15) is 11.5 Å². The summed E-state index contributed by atoms with van der Waals surface area (Å²) < 4.78 is 37.4. The molecule has 5 aromatic carbocycles.